The maximum atomic E-state index is 6.43. The van der Waals surface area contributed by atoms with E-state index in [1.165, 1.54) is 0 Å². The third-order valence-electron chi connectivity index (χ3n) is 5.29. The molecule has 0 spiro atoms. The fourth-order valence-corrected chi connectivity index (χ4v) is 2.97. The summed E-state index contributed by atoms with van der Waals surface area (Å²) < 4.78 is 0. The largest absolute Gasteiger partial charge is 0.324 e. The molecule has 1 saturated heterocycles. The summed E-state index contributed by atoms with van der Waals surface area (Å²) >= 11 is 0. The zero-order chi connectivity index (χ0) is 13.9. The highest BCUT2D eigenvalue weighted by Crippen LogP contribution is 2.41. The lowest BCUT2D eigenvalue weighted by Crippen LogP contribution is -2.88. The predicted octanol–water partition coefficient (Wildman–Crippen LogP) is 2.01. The van der Waals surface area contributed by atoms with Crippen LogP contribution in [-0.4, -0.2) is 27.7 Å². The number of nitrogens with two attached hydrogens (primary N) is 1. The smallest absolute Gasteiger partial charge is 0.0511 e. The van der Waals surface area contributed by atoms with Crippen LogP contribution in [0.25, 0.3) is 0 Å². The van der Waals surface area contributed by atoms with E-state index in [1.807, 2.05) is 0 Å². The van der Waals surface area contributed by atoms with Crippen LogP contribution in [0.5, 0.6) is 0 Å². The summed E-state index contributed by atoms with van der Waals surface area (Å²) in [7, 11) is 0. The molecule has 102 valence electrons. The Morgan fingerprint density at radius 2 is 1.06 bits per heavy atom. The van der Waals surface area contributed by atoms with Crippen LogP contribution >= 0.6 is 0 Å². The summed E-state index contributed by atoms with van der Waals surface area (Å²) in [6.07, 6.45) is 0. The van der Waals surface area contributed by atoms with Crippen LogP contribution in [0.2, 0.25) is 0 Å². The fourth-order valence-electron chi connectivity index (χ4n) is 2.97. The van der Waals surface area contributed by atoms with E-state index < -0.39 is 0 Å². The summed E-state index contributed by atoms with van der Waals surface area (Å²) in [5.41, 5.74) is 5.85. The molecule has 3 nitrogen and oxygen atoms in total. The van der Waals surface area contributed by atoms with Crippen molar-refractivity contribution in [1.82, 2.24) is 10.6 Å². The second kappa shape index (κ2) is 3.46. The molecule has 0 amide bonds. The molecule has 0 aromatic heterocycles. The van der Waals surface area contributed by atoms with Gasteiger partial charge in [0, 0.05) is 22.2 Å². The van der Waals surface area contributed by atoms with Gasteiger partial charge in [0.05, 0.1) is 5.54 Å². The minimum Gasteiger partial charge on any atom is -0.324 e. The van der Waals surface area contributed by atoms with E-state index in [4.69, 9.17) is 5.73 Å². The van der Waals surface area contributed by atoms with Crippen molar-refractivity contribution in [2.45, 2.75) is 90.0 Å². The van der Waals surface area contributed by atoms with Gasteiger partial charge in [-0.05, 0) is 62.3 Å². The van der Waals surface area contributed by atoms with E-state index in [2.05, 4.69) is 72.9 Å². The van der Waals surface area contributed by atoms with Gasteiger partial charge in [-0.3, -0.25) is 0 Å². The van der Waals surface area contributed by atoms with Crippen LogP contribution in [0.3, 0.4) is 0 Å². The molecular weight excluding hydrogens is 210 g/mol. The average Bonchev–Trinajstić information content (AvgIpc) is 1.95. The van der Waals surface area contributed by atoms with Crippen LogP contribution in [0, 0.1) is 0 Å². The number of rotatable bonds is 1. The van der Waals surface area contributed by atoms with Crippen LogP contribution in [0.4, 0.5) is 0 Å². The molecule has 1 heterocycles. The van der Waals surface area contributed by atoms with E-state index in [0.29, 0.717) is 0 Å². The Kier molecular flexibility index (Phi) is 3.04. The summed E-state index contributed by atoms with van der Waals surface area (Å²) in [5.74, 6) is 0. The van der Waals surface area contributed by atoms with E-state index in [-0.39, 0.29) is 27.7 Å². The van der Waals surface area contributed by atoms with Gasteiger partial charge in [-0.2, -0.15) is 0 Å². The zero-order valence-corrected chi connectivity index (χ0v) is 13.1. The van der Waals surface area contributed by atoms with Crippen molar-refractivity contribution in [2.75, 3.05) is 0 Å². The first-order valence-electron chi connectivity index (χ1n) is 6.54. The molecule has 1 rings (SSSR count). The second-order valence-corrected chi connectivity index (χ2v) is 7.97. The highest BCUT2D eigenvalue weighted by Gasteiger charge is 2.59. The molecule has 0 aromatic rings. The van der Waals surface area contributed by atoms with Gasteiger partial charge in [-0.1, -0.05) is 0 Å². The Morgan fingerprint density at radius 1 is 0.706 bits per heavy atom. The van der Waals surface area contributed by atoms with Crippen molar-refractivity contribution in [3.8, 4) is 0 Å². The van der Waals surface area contributed by atoms with Crippen molar-refractivity contribution in [3.63, 3.8) is 0 Å². The SMILES string of the molecule is CC(C)(N)C1(C)NC(C)(C)C(C)(C)NC1(C)C. The fraction of sp³-hybridized carbons (Fsp3) is 1.00. The number of hydrogen-bond donors (Lipinski definition) is 3. The van der Waals surface area contributed by atoms with Gasteiger partial charge in [0.1, 0.15) is 0 Å². The first-order valence-corrected chi connectivity index (χ1v) is 6.54. The molecule has 1 atom stereocenters. The standard InChI is InChI=1S/C14H31N3/c1-10(2,15)14(9)13(7,8)16-11(3,4)12(5,6)17-14/h16-17H,15H2,1-9H3. The van der Waals surface area contributed by atoms with Gasteiger partial charge >= 0.3 is 0 Å². The number of piperazine rings is 1. The summed E-state index contributed by atoms with van der Waals surface area (Å²) in [6, 6.07) is 0. The van der Waals surface area contributed by atoms with Gasteiger partial charge in [0.25, 0.3) is 0 Å². The lowest BCUT2D eigenvalue weighted by molar-refractivity contribution is -0.0332. The average molecular weight is 241 g/mol. The summed E-state index contributed by atoms with van der Waals surface area (Å²) in [4.78, 5) is 0. The lowest BCUT2D eigenvalue weighted by atomic mass is 9.62. The molecule has 0 saturated carbocycles. The molecule has 1 aliphatic heterocycles. The van der Waals surface area contributed by atoms with Crippen molar-refractivity contribution < 1.29 is 0 Å². The topological polar surface area (TPSA) is 50.1 Å². The Morgan fingerprint density at radius 3 is 1.41 bits per heavy atom. The van der Waals surface area contributed by atoms with E-state index in [0.717, 1.165) is 0 Å². The Hall–Kier alpha value is -0.120. The van der Waals surface area contributed by atoms with E-state index >= 15 is 0 Å². The van der Waals surface area contributed by atoms with Gasteiger partial charge in [0.15, 0.2) is 0 Å². The molecule has 0 aliphatic carbocycles. The highest BCUT2D eigenvalue weighted by atomic mass is 15.3. The van der Waals surface area contributed by atoms with Crippen LogP contribution in [0.15, 0.2) is 0 Å². The first kappa shape index (κ1) is 14.9. The minimum absolute atomic E-state index is 0.0151. The molecular formula is C14H31N3. The Balaban J connectivity index is 3.28. The third-order valence-corrected chi connectivity index (χ3v) is 5.29. The normalized spacial score (nSPS) is 35.6. The molecule has 1 fully saturated rings. The molecule has 0 radical (unpaired) electrons. The van der Waals surface area contributed by atoms with E-state index in [9.17, 15) is 0 Å². The maximum absolute atomic E-state index is 6.43. The first-order chi connectivity index (χ1) is 7.16. The van der Waals surface area contributed by atoms with Crippen molar-refractivity contribution in [2.24, 2.45) is 5.73 Å². The van der Waals surface area contributed by atoms with Crippen molar-refractivity contribution in [1.29, 1.82) is 0 Å². The third kappa shape index (κ3) is 2.02. The molecule has 1 unspecified atom stereocenters. The Labute approximate surface area is 107 Å². The number of nitrogens with one attached hydrogen (secondary N) is 2. The molecule has 1 aliphatic rings. The van der Waals surface area contributed by atoms with Crippen LogP contribution in [-0.2, 0) is 0 Å². The highest BCUT2D eigenvalue weighted by molar-refractivity contribution is 5.23. The monoisotopic (exact) mass is 241 g/mol. The van der Waals surface area contributed by atoms with Gasteiger partial charge in [-0.25, -0.2) is 0 Å². The molecule has 17 heavy (non-hydrogen) atoms. The number of hydrogen-bond acceptors (Lipinski definition) is 3. The summed E-state index contributed by atoms with van der Waals surface area (Å²) in [5, 5.41) is 7.58. The lowest BCUT2D eigenvalue weighted by Gasteiger charge is -2.66. The van der Waals surface area contributed by atoms with Crippen molar-refractivity contribution in [3.05, 3.63) is 0 Å². The molecule has 0 aromatic carbocycles. The van der Waals surface area contributed by atoms with Crippen molar-refractivity contribution >= 4 is 0 Å². The second-order valence-electron chi connectivity index (χ2n) is 7.97. The molecule has 4 N–H and O–H groups in total. The summed E-state index contributed by atoms with van der Waals surface area (Å²) in [6.45, 7) is 19.8. The van der Waals surface area contributed by atoms with Gasteiger partial charge in [0.2, 0.25) is 0 Å². The van der Waals surface area contributed by atoms with Crippen LogP contribution in [0.1, 0.15) is 62.3 Å². The van der Waals surface area contributed by atoms with Gasteiger partial charge < -0.3 is 16.4 Å². The quantitative estimate of drug-likeness (QED) is 0.658. The minimum atomic E-state index is -0.308. The maximum Gasteiger partial charge on any atom is 0.0511 e. The molecule has 0 bridgehead atoms. The van der Waals surface area contributed by atoms with E-state index in [1.54, 1.807) is 0 Å². The molecule has 3 heteroatoms. The predicted molar refractivity (Wildman–Crippen MR) is 75.2 cm³/mol. The zero-order valence-electron chi connectivity index (χ0n) is 13.1. The van der Waals surface area contributed by atoms with Gasteiger partial charge in [-0.15, -0.1) is 0 Å². The van der Waals surface area contributed by atoms with Crippen LogP contribution < -0.4 is 16.4 Å². The Bertz CT molecular complexity index is 310.